The maximum absolute atomic E-state index is 11.1. The van der Waals surface area contributed by atoms with Gasteiger partial charge in [-0.15, -0.1) is 0 Å². The summed E-state index contributed by atoms with van der Waals surface area (Å²) in [4.78, 5) is 15.0. The third kappa shape index (κ3) is 1.88. The van der Waals surface area contributed by atoms with Gasteiger partial charge in [-0.25, -0.2) is 4.98 Å². The summed E-state index contributed by atoms with van der Waals surface area (Å²) in [5.41, 5.74) is 0.891. The predicted molar refractivity (Wildman–Crippen MR) is 50.6 cm³/mol. The van der Waals surface area contributed by atoms with Gasteiger partial charge in [0.05, 0.1) is 11.9 Å². The fourth-order valence-corrected chi connectivity index (χ4v) is 1.28. The third-order valence-electron chi connectivity index (χ3n) is 2.55. The Hall–Kier alpha value is -1.32. The predicted octanol–water partition coefficient (Wildman–Crippen LogP) is 0.925. The minimum absolute atomic E-state index is 0.0148. The molecule has 72 valence electrons. The molecule has 0 bridgehead atoms. The second-order valence-corrected chi connectivity index (χ2v) is 3.41. The largest absolute Gasteiger partial charge is 0.338 e. The minimum Gasteiger partial charge on any atom is -0.338 e. The Labute approximate surface area is 77.7 Å². The summed E-state index contributed by atoms with van der Waals surface area (Å²) < 4.78 is 1.46. The van der Waals surface area contributed by atoms with Crippen molar-refractivity contribution in [1.29, 1.82) is 0 Å². The van der Waals surface area contributed by atoms with Crippen molar-refractivity contribution in [1.82, 2.24) is 9.66 Å². The van der Waals surface area contributed by atoms with Gasteiger partial charge in [-0.05, 0) is 6.92 Å². The van der Waals surface area contributed by atoms with Crippen molar-refractivity contribution in [3.8, 4) is 0 Å². The highest BCUT2D eigenvalue weighted by Crippen LogP contribution is 2.23. The Bertz CT molecular complexity index is 306. The van der Waals surface area contributed by atoms with Crippen LogP contribution in [0.5, 0.6) is 0 Å². The number of carbonyl (C=O) groups is 1. The molecule has 0 saturated heterocycles. The normalized spacial score (nSPS) is 15.3. The first-order valence-corrected chi connectivity index (χ1v) is 4.31. The molecule has 0 aliphatic heterocycles. The van der Waals surface area contributed by atoms with E-state index in [0.717, 1.165) is 5.69 Å². The van der Waals surface area contributed by atoms with Crippen LogP contribution in [0.4, 0.5) is 0 Å². The van der Waals surface area contributed by atoms with E-state index in [9.17, 15) is 4.79 Å². The summed E-state index contributed by atoms with van der Waals surface area (Å²) in [5, 5.41) is 0. The molecule has 1 rings (SSSR count). The van der Waals surface area contributed by atoms with Crippen molar-refractivity contribution in [2.45, 2.75) is 26.7 Å². The van der Waals surface area contributed by atoms with Gasteiger partial charge in [0.1, 0.15) is 12.1 Å². The Balaban J connectivity index is 2.85. The van der Waals surface area contributed by atoms with Crippen LogP contribution >= 0.6 is 0 Å². The first-order valence-electron chi connectivity index (χ1n) is 4.31. The lowest BCUT2D eigenvalue weighted by Crippen LogP contribution is -2.20. The number of hydrogen-bond donors (Lipinski definition) is 1. The van der Waals surface area contributed by atoms with Gasteiger partial charge < -0.3 is 5.84 Å². The fraction of sp³-hybridized carbons (Fsp3) is 0.556. The van der Waals surface area contributed by atoms with E-state index in [0.29, 0.717) is 0 Å². The number of nitrogen functional groups attached to an aromatic ring is 1. The molecule has 4 nitrogen and oxygen atoms in total. The van der Waals surface area contributed by atoms with E-state index in [1.165, 1.54) is 4.68 Å². The number of hydrogen-bond acceptors (Lipinski definition) is 3. The molecule has 0 aromatic carbocycles. The molecule has 0 amide bonds. The van der Waals surface area contributed by atoms with Crippen LogP contribution in [0.25, 0.3) is 0 Å². The smallest absolute Gasteiger partial charge is 0.133 e. The number of aromatic nitrogens is 2. The number of rotatable bonds is 3. The van der Waals surface area contributed by atoms with Gasteiger partial charge in [0, 0.05) is 11.8 Å². The van der Waals surface area contributed by atoms with E-state index in [-0.39, 0.29) is 17.6 Å². The molecule has 1 unspecified atom stereocenters. The van der Waals surface area contributed by atoms with Crippen LogP contribution in [0.15, 0.2) is 12.5 Å². The highest BCUT2D eigenvalue weighted by atomic mass is 16.1. The van der Waals surface area contributed by atoms with E-state index in [4.69, 9.17) is 5.84 Å². The summed E-state index contributed by atoms with van der Waals surface area (Å²) in [6, 6.07) is 0. The molecule has 2 N–H and O–H groups in total. The Morgan fingerprint density at radius 1 is 1.62 bits per heavy atom. The first kappa shape index (κ1) is 9.77. The lowest BCUT2D eigenvalue weighted by Gasteiger charge is -2.16. The molecule has 0 fully saturated rings. The first-order chi connectivity index (χ1) is 6.04. The number of nitrogens with two attached hydrogens (primary N) is 1. The standard InChI is InChI=1S/C9H15N3O/c1-6(8(3)13)7(2)9-4-11-5-12(9)10/h4-7H,10H2,1-3H3/t6?,7-/m1/s1. The van der Waals surface area contributed by atoms with Crippen molar-refractivity contribution in [2.24, 2.45) is 5.92 Å². The molecule has 2 atom stereocenters. The molecule has 13 heavy (non-hydrogen) atoms. The molecule has 4 heteroatoms. The number of nitrogens with zero attached hydrogens (tertiary/aromatic N) is 2. The zero-order chi connectivity index (χ0) is 10.0. The van der Waals surface area contributed by atoms with Crippen molar-refractivity contribution in [3.63, 3.8) is 0 Å². The van der Waals surface area contributed by atoms with E-state index < -0.39 is 0 Å². The molecule has 0 aliphatic carbocycles. The number of imidazole rings is 1. The maximum Gasteiger partial charge on any atom is 0.133 e. The summed E-state index contributed by atoms with van der Waals surface area (Å²) in [6.45, 7) is 5.48. The van der Waals surface area contributed by atoms with Crippen molar-refractivity contribution < 1.29 is 4.79 Å². The maximum atomic E-state index is 11.1. The van der Waals surface area contributed by atoms with Gasteiger partial charge >= 0.3 is 0 Å². The van der Waals surface area contributed by atoms with Gasteiger partial charge in [-0.1, -0.05) is 13.8 Å². The topological polar surface area (TPSA) is 60.9 Å². The van der Waals surface area contributed by atoms with E-state index in [1.807, 2.05) is 13.8 Å². The molecular formula is C9H15N3O. The van der Waals surface area contributed by atoms with E-state index in [2.05, 4.69) is 4.98 Å². The van der Waals surface area contributed by atoms with Crippen molar-refractivity contribution in [2.75, 3.05) is 5.84 Å². The number of Topliss-reactive ketones (excluding diaryl/α,β-unsaturated/α-hetero) is 1. The van der Waals surface area contributed by atoms with E-state index in [1.54, 1.807) is 19.4 Å². The summed E-state index contributed by atoms with van der Waals surface area (Å²) in [6.07, 6.45) is 3.24. The van der Waals surface area contributed by atoms with Crippen molar-refractivity contribution in [3.05, 3.63) is 18.2 Å². The van der Waals surface area contributed by atoms with E-state index >= 15 is 0 Å². The zero-order valence-corrected chi connectivity index (χ0v) is 8.19. The lowest BCUT2D eigenvalue weighted by atomic mass is 9.90. The van der Waals surface area contributed by atoms with Gasteiger partial charge in [0.25, 0.3) is 0 Å². The summed E-state index contributed by atoms with van der Waals surface area (Å²) in [5.74, 6) is 5.90. The van der Waals surface area contributed by atoms with Crippen LogP contribution in [-0.2, 0) is 4.79 Å². The van der Waals surface area contributed by atoms with Crippen LogP contribution in [0.2, 0.25) is 0 Å². The Morgan fingerprint density at radius 2 is 2.23 bits per heavy atom. The molecule has 0 radical (unpaired) electrons. The molecular weight excluding hydrogens is 166 g/mol. The summed E-state index contributed by atoms with van der Waals surface area (Å²) >= 11 is 0. The quantitative estimate of drug-likeness (QED) is 0.705. The number of carbonyl (C=O) groups excluding carboxylic acids is 1. The average Bonchev–Trinajstić information content (AvgIpc) is 2.48. The zero-order valence-electron chi connectivity index (χ0n) is 8.19. The lowest BCUT2D eigenvalue weighted by molar-refractivity contribution is -0.120. The average molecular weight is 181 g/mol. The van der Waals surface area contributed by atoms with Crippen LogP contribution in [0.1, 0.15) is 32.4 Å². The SMILES string of the molecule is CC(=O)C(C)[C@@H](C)c1cncn1N. The van der Waals surface area contributed by atoms with Gasteiger partial charge in [0.15, 0.2) is 0 Å². The third-order valence-corrected chi connectivity index (χ3v) is 2.55. The van der Waals surface area contributed by atoms with Gasteiger partial charge in [-0.3, -0.25) is 9.47 Å². The highest BCUT2D eigenvalue weighted by Gasteiger charge is 2.20. The summed E-state index contributed by atoms with van der Waals surface area (Å²) in [7, 11) is 0. The fourth-order valence-electron chi connectivity index (χ4n) is 1.28. The molecule has 0 spiro atoms. The van der Waals surface area contributed by atoms with Crippen LogP contribution in [0, 0.1) is 5.92 Å². The second-order valence-electron chi connectivity index (χ2n) is 3.41. The second kappa shape index (κ2) is 3.60. The monoisotopic (exact) mass is 181 g/mol. The van der Waals surface area contributed by atoms with Crippen molar-refractivity contribution >= 4 is 5.78 Å². The molecule has 1 aromatic rings. The molecule has 1 heterocycles. The van der Waals surface area contributed by atoms with Gasteiger partial charge in [0.2, 0.25) is 0 Å². The van der Waals surface area contributed by atoms with Crippen LogP contribution < -0.4 is 5.84 Å². The Kier molecular flexibility index (Phi) is 2.70. The van der Waals surface area contributed by atoms with Gasteiger partial charge in [-0.2, -0.15) is 0 Å². The highest BCUT2D eigenvalue weighted by molar-refractivity contribution is 5.78. The molecule has 0 saturated carbocycles. The minimum atomic E-state index is -0.0148. The Morgan fingerprint density at radius 3 is 2.62 bits per heavy atom. The number of ketones is 1. The molecule has 1 aromatic heterocycles. The van der Waals surface area contributed by atoms with Crippen LogP contribution in [0.3, 0.4) is 0 Å². The van der Waals surface area contributed by atoms with Crippen LogP contribution in [-0.4, -0.2) is 15.4 Å². The molecule has 0 aliphatic rings.